The Morgan fingerprint density at radius 3 is 2.35 bits per heavy atom. The summed E-state index contributed by atoms with van der Waals surface area (Å²) >= 11 is 0.984. The maximum atomic E-state index is 12.2. The van der Waals surface area contributed by atoms with Gasteiger partial charge in [0.25, 0.3) is 9.05 Å². The second-order valence-corrected chi connectivity index (χ2v) is 10.8. The Hall–Kier alpha value is -0.150. The molecule has 1 aromatic rings. The molecule has 1 unspecified atom stereocenters. The third-order valence-corrected chi connectivity index (χ3v) is 8.74. The van der Waals surface area contributed by atoms with Crippen LogP contribution in [0.5, 0.6) is 0 Å². The highest BCUT2D eigenvalue weighted by Crippen LogP contribution is 2.30. The zero-order valence-electron chi connectivity index (χ0n) is 10.9. The van der Waals surface area contributed by atoms with Crippen LogP contribution in [0.25, 0.3) is 0 Å². The van der Waals surface area contributed by atoms with Crippen molar-refractivity contribution in [1.29, 1.82) is 0 Å². The van der Waals surface area contributed by atoms with Crippen LogP contribution in [-0.2, 0) is 19.1 Å². The van der Waals surface area contributed by atoms with Crippen LogP contribution in [0.15, 0.2) is 16.3 Å². The molecule has 1 atom stereocenters. The fourth-order valence-corrected chi connectivity index (χ4v) is 6.23. The van der Waals surface area contributed by atoms with Gasteiger partial charge < -0.3 is 0 Å². The van der Waals surface area contributed by atoms with Gasteiger partial charge in [0.15, 0.2) is 0 Å². The van der Waals surface area contributed by atoms with Crippen LogP contribution in [0.4, 0.5) is 0 Å². The van der Waals surface area contributed by atoms with E-state index in [0.29, 0.717) is 17.7 Å². The van der Waals surface area contributed by atoms with Crippen molar-refractivity contribution in [2.45, 2.75) is 48.1 Å². The highest BCUT2D eigenvalue weighted by molar-refractivity contribution is 8.15. The topological polar surface area (TPSA) is 80.3 Å². The van der Waals surface area contributed by atoms with Gasteiger partial charge in [0.05, 0.1) is 11.3 Å². The van der Waals surface area contributed by atoms with E-state index in [2.05, 4.69) is 4.72 Å². The average Bonchev–Trinajstić information content (AvgIpc) is 3.00. The highest BCUT2D eigenvalue weighted by Gasteiger charge is 2.30. The zero-order chi connectivity index (χ0) is 15.0. The van der Waals surface area contributed by atoms with Gasteiger partial charge >= 0.3 is 0 Å². The van der Waals surface area contributed by atoms with Gasteiger partial charge in [-0.05, 0) is 31.9 Å². The molecule has 1 aliphatic carbocycles. The largest absolute Gasteiger partial charge is 0.270 e. The lowest BCUT2D eigenvalue weighted by Crippen LogP contribution is -2.34. The maximum Gasteiger partial charge on any atom is 0.270 e. The van der Waals surface area contributed by atoms with Gasteiger partial charge in [-0.1, -0.05) is 12.8 Å². The molecule has 1 heterocycles. The van der Waals surface area contributed by atoms with Gasteiger partial charge in [0, 0.05) is 15.6 Å². The third kappa shape index (κ3) is 3.73. The van der Waals surface area contributed by atoms with Crippen molar-refractivity contribution in [3.63, 3.8) is 0 Å². The second kappa shape index (κ2) is 5.92. The van der Waals surface area contributed by atoms with Crippen molar-refractivity contribution in [2.75, 3.05) is 0 Å². The summed E-state index contributed by atoms with van der Waals surface area (Å²) in [5.74, 6) is 0. The number of hydrogen-bond acceptors (Lipinski definition) is 5. The smallest absolute Gasteiger partial charge is 0.212 e. The number of nitrogens with one attached hydrogen (secondary N) is 1. The van der Waals surface area contributed by atoms with E-state index >= 15 is 0 Å². The number of rotatable bonds is 5. The van der Waals surface area contributed by atoms with Gasteiger partial charge in [0.1, 0.15) is 4.21 Å². The van der Waals surface area contributed by atoms with Crippen molar-refractivity contribution in [2.24, 2.45) is 0 Å². The molecular weight excluding hydrogens is 342 g/mol. The lowest BCUT2D eigenvalue weighted by molar-refractivity contribution is 0.552. The summed E-state index contributed by atoms with van der Waals surface area (Å²) < 4.78 is 49.4. The van der Waals surface area contributed by atoms with Crippen LogP contribution in [-0.4, -0.2) is 22.1 Å². The number of halogens is 1. The SMILES string of the molecule is CC(NS(=O)(=O)C1CCCC1)c1ccc(S(=O)(=O)Cl)s1. The Morgan fingerprint density at radius 2 is 1.85 bits per heavy atom. The maximum absolute atomic E-state index is 12.2. The Balaban J connectivity index is 2.12. The zero-order valence-corrected chi connectivity index (χ0v) is 14.1. The average molecular weight is 358 g/mol. The molecule has 0 amide bonds. The third-order valence-electron chi connectivity index (χ3n) is 3.35. The summed E-state index contributed by atoms with van der Waals surface area (Å²) in [7, 11) is -1.86. The summed E-state index contributed by atoms with van der Waals surface area (Å²) in [6.07, 6.45) is 3.25. The first kappa shape index (κ1) is 16.2. The van der Waals surface area contributed by atoms with Gasteiger partial charge in [-0.25, -0.2) is 21.6 Å². The van der Waals surface area contributed by atoms with E-state index < -0.39 is 25.1 Å². The molecule has 1 aliphatic rings. The molecule has 0 spiro atoms. The van der Waals surface area contributed by atoms with Crippen LogP contribution in [0, 0.1) is 0 Å². The summed E-state index contributed by atoms with van der Waals surface area (Å²) in [5, 5.41) is -0.332. The van der Waals surface area contributed by atoms with Crippen molar-refractivity contribution < 1.29 is 16.8 Å². The first-order valence-electron chi connectivity index (χ1n) is 6.26. The van der Waals surface area contributed by atoms with E-state index in [1.54, 1.807) is 13.0 Å². The first-order chi connectivity index (χ1) is 9.20. The van der Waals surface area contributed by atoms with E-state index in [-0.39, 0.29) is 9.46 Å². The predicted molar refractivity (Wildman–Crippen MR) is 80.1 cm³/mol. The van der Waals surface area contributed by atoms with Gasteiger partial charge in [-0.2, -0.15) is 0 Å². The number of hydrogen-bond donors (Lipinski definition) is 1. The van der Waals surface area contributed by atoms with Gasteiger partial charge in [-0.3, -0.25) is 0 Å². The van der Waals surface area contributed by atoms with Crippen LogP contribution in [0.3, 0.4) is 0 Å². The molecule has 2 rings (SSSR count). The Bertz CT molecular complexity index is 674. The molecule has 0 radical (unpaired) electrons. The molecule has 1 aromatic heterocycles. The second-order valence-electron chi connectivity index (χ2n) is 4.89. The lowest BCUT2D eigenvalue weighted by Gasteiger charge is -2.16. The van der Waals surface area contributed by atoms with Crippen LogP contribution in [0.2, 0.25) is 0 Å². The molecule has 0 bridgehead atoms. The van der Waals surface area contributed by atoms with Crippen LogP contribution < -0.4 is 4.72 Å². The molecular formula is C11H16ClNO4S3. The van der Waals surface area contributed by atoms with E-state index in [9.17, 15) is 16.8 Å². The molecule has 20 heavy (non-hydrogen) atoms. The molecule has 1 saturated carbocycles. The minimum absolute atomic E-state index is 0.0288. The molecule has 114 valence electrons. The summed E-state index contributed by atoms with van der Waals surface area (Å²) in [5.41, 5.74) is 0. The molecule has 1 fully saturated rings. The van der Waals surface area contributed by atoms with Crippen LogP contribution >= 0.6 is 22.0 Å². The molecule has 5 nitrogen and oxygen atoms in total. The summed E-state index contributed by atoms with van der Waals surface area (Å²) in [4.78, 5) is 0.630. The predicted octanol–water partition coefficient (Wildman–Crippen LogP) is 2.60. The summed E-state index contributed by atoms with van der Waals surface area (Å²) in [6.45, 7) is 1.70. The monoisotopic (exact) mass is 357 g/mol. The quantitative estimate of drug-likeness (QED) is 0.821. The standard InChI is InChI=1S/C11H16ClNO4S3/c1-8(10-6-7-11(18-10)19(12,14)15)13-20(16,17)9-4-2-3-5-9/h6-9,13H,2-5H2,1H3. The molecule has 0 aliphatic heterocycles. The van der Waals surface area contributed by atoms with Crippen molar-refractivity contribution in [3.05, 3.63) is 17.0 Å². The molecule has 9 heteroatoms. The minimum Gasteiger partial charge on any atom is -0.212 e. The van der Waals surface area contributed by atoms with Crippen molar-refractivity contribution >= 4 is 41.1 Å². The van der Waals surface area contributed by atoms with E-state index in [1.807, 2.05) is 0 Å². The van der Waals surface area contributed by atoms with Gasteiger partial charge in [0.2, 0.25) is 10.0 Å². The van der Waals surface area contributed by atoms with Gasteiger partial charge in [-0.15, -0.1) is 11.3 Å². The summed E-state index contributed by atoms with van der Waals surface area (Å²) in [6, 6.07) is 2.52. The van der Waals surface area contributed by atoms with E-state index in [4.69, 9.17) is 10.7 Å². The minimum atomic E-state index is -3.76. The van der Waals surface area contributed by atoms with E-state index in [0.717, 1.165) is 24.2 Å². The Labute approximate surface area is 127 Å². The highest BCUT2D eigenvalue weighted by atomic mass is 35.7. The fourth-order valence-electron chi connectivity index (χ4n) is 2.30. The van der Waals surface area contributed by atoms with Crippen LogP contribution in [0.1, 0.15) is 43.5 Å². The number of sulfonamides is 1. The normalized spacial score (nSPS) is 19.3. The molecule has 0 saturated heterocycles. The first-order valence-corrected chi connectivity index (χ1v) is 10.9. The van der Waals surface area contributed by atoms with Crippen molar-refractivity contribution in [1.82, 2.24) is 4.72 Å². The Kier molecular flexibility index (Phi) is 4.80. The van der Waals surface area contributed by atoms with E-state index in [1.165, 1.54) is 6.07 Å². The molecule has 1 N–H and O–H groups in total. The fraction of sp³-hybridized carbons (Fsp3) is 0.636. The number of thiophene rings is 1. The Morgan fingerprint density at radius 1 is 1.25 bits per heavy atom. The molecule has 0 aromatic carbocycles. The van der Waals surface area contributed by atoms with Crippen molar-refractivity contribution in [3.8, 4) is 0 Å². The lowest BCUT2D eigenvalue weighted by atomic mass is 10.3.